The Kier molecular flexibility index (Phi) is 7.76. The van der Waals surface area contributed by atoms with E-state index in [0.29, 0.717) is 30.0 Å². The SMILES string of the molecule is CSCc1nnc(SCC(=O)N2CCN(S(=O)(=O)C=Cc3ccccc3)CC2)o1. The Morgan fingerprint density at radius 2 is 1.90 bits per heavy atom. The number of sulfonamides is 1. The molecule has 156 valence electrons. The predicted octanol–water partition coefficient (Wildman–Crippen LogP) is 2.17. The first-order valence-electron chi connectivity index (χ1n) is 8.93. The van der Waals surface area contributed by atoms with Gasteiger partial charge in [-0.3, -0.25) is 4.79 Å². The fraction of sp³-hybridized carbons (Fsp3) is 0.389. The summed E-state index contributed by atoms with van der Waals surface area (Å²) in [5, 5.41) is 9.41. The summed E-state index contributed by atoms with van der Waals surface area (Å²) in [6, 6.07) is 9.27. The van der Waals surface area contributed by atoms with E-state index in [4.69, 9.17) is 4.42 Å². The van der Waals surface area contributed by atoms with Crippen molar-refractivity contribution in [3.63, 3.8) is 0 Å². The zero-order valence-electron chi connectivity index (χ0n) is 15.9. The Bertz CT molecular complexity index is 939. The molecule has 11 heteroatoms. The normalized spacial score (nSPS) is 15.8. The van der Waals surface area contributed by atoms with E-state index in [2.05, 4.69) is 10.2 Å². The van der Waals surface area contributed by atoms with Crippen LogP contribution in [0.2, 0.25) is 0 Å². The molecular weight excluding hydrogens is 432 g/mol. The van der Waals surface area contributed by atoms with Crippen LogP contribution in [0.5, 0.6) is 0 Å². The molecule has 0 atom stereocenters. The van der Waals surface area contributed by atoms with Gasteiger partial charge in [-0.1, -0.05) is 42.1 Å². The molecule has 1 fully saturated rings. The van der Waals surface area contributed by atoms with Crippen LogP contribution in [0.1, 0.15) is 11.5 Å². The Labute approximate surface area is 178 Å². The molecule has 0 saturated carbocycles. The Balaban J connectivity index is 1.47. The Morgan fingerprint density at radius 1 is 1.17 bits per heavy atom. The number of benzene rings is 1. The van der Waals surface area contributed by atoms with Crippen molar-refractivity contribution < 1.29 is 17.6 Å². The van der Waals surface area contributed by atoms with Gasteiger partial charge in [-0.05, 0) is 17.9 Å². The van der Waals surface area contributed by atoms with Gasteiger partial charge in [0.2, 0.25) is 21.8 Å². The van der Waals surface area contributed by atoms with Gasteiger partial charge >= 0.3 is 0 Å². The summed E-state index contributed by atoms with van der Waals surface area (Å²) in [6.45, 7) is 1.27. The lowest BCUT2D eigenvalue weighted by molar-refractivity contribution is -0.129. The molecule has 0 aliphatic carbocycles. The first-order valence-corrected chi connectivity index (χ1v) is 12.8. The molecule has 1 aliphatic rings. The average molecular weight is 455 g/mol. The average Bonchev–Trinajstić information content (AvgIpc) is 3.19. The van der Waals surface area contributed by atoms with Crippen LogP contribution in [0.3, 0.4) is 0 Å². The summed E-state index contributed by atoms with van der Waals surface area (Å²) in [5.41, 5.74) is 0.823. The highest BCUT2D eigenvalue weighted by atomic mass is 32.2. The first-order chi connectivity index (χ1) is 14.0. The van der Waals surface area contributed by atoms with E-state index in [1.165, 1.54) is 21.5 Å². The second-order valence-electron chi connectivity index (χ2n) is 6.22. The quantitative estimate of drug-likeness (QED) is 0.560. The van der Waals surface area contributed by atoms with Crippen LogP contribution in [0.15, 0.2) is 45.4 Å². The molecule has 3 rings (SSSR count). The summed E-state index contributed by atoms with van der Waals surface area (Å²) < 4.78 is 31.8. The van der Waals surface area contributed by atoms with E-state index < -0.39 is 10.0 Å². The molecule has 1 aromatic carbocycles. The number of thioether (sulfide) groups is 2. The minimum Gasteiger partial charge on any atom is -0.415 e. The van der Waals surface area contributed by atoms with Crippen LogP contribution >= 0.6 is 23.5 Å². The van der Waals surface area contributed by atoms with Crippen LogP contribution in [0.4, 0.5) is 0 Å². The molecule has 1 saturated heterocycles. The number of amides is 1. The van der Waals surface area contributed by atoms with Crippen LogP contribution in [-0.2, 0) is 20.6 Å². The lowest BCUT2D eigenvalue weighted by Gasteiger charge is -2.33. The van der Waals surface area contributed by atoms with Gasteiger partial charge in [0, 0.05) is 31.6 Å². The van der Waals surface area contributed by atoms with E-state index in [-0.39, 0.29) is 24.7 Å². The van der Waals surface area contributed by atoms with Crippen molar-refractivity contribution in [2.24, 2.45) is 0 Å². The third kappa shape index (κ3) is 6.33. The van der Waals surface area contributed by atoms with Gasteiger partial charge < -0.3 is 9.32 Å². The van der Waals surface area contributed by atoms with E-state index in [0.717, 1.165) is 5.56 Å². The molecule has 1 aromatic heterocycles. The highest BCUT2D eigenvalue weighted by Crippen LogP contribution is 2.19. The van der Waals surface area contributed by atoms with Crippen LogP contribution in [0, 0.1) is 0 Å². The maximum atomic E-state index is 12.5. The van der Waals surface area contributed by atoms with Gasteiger partial charge in [0.1, 0.15) is 0 Å². The van der Waals surface area contributed by atoms with E-state index >= 15 is 0 Å². The lowest BCUT2D eigenvalue weighted by atomic mass is 10.2. The molecule has 29 heavy (non-hydrogen) atoms. The van der Waals surface area contributed by atoms with Crippen molar-refractivity contribution in [1.29, 1.82) is 0 Å². The van der Waals surface area contributed by atoms with Gasteiger partial charge in [0.25, 0.3) is 5.22 Å². The van der Waals surface area contributed by atoms with Crippen LogP contribution in [-0.4, -0.2) is 71.9 Å². The van der Waals surface area contributed by atoms with Gasteiger partial charge in [0.05, 0.1) is 11.5 Å². The standard InChI is InChI=1S/C18H22N4O4S3/c1-27-13-16-19-20-18(26-16)28-14-17(23)21-8-10-22(11-9-21)29(24,25)12-7-15-5-3-2-4-6-15/h2-7,12H,8-11,13-14H2,1H3. The van der Waals surface area contributed by atoms with Crippen LogP contribution in [0.25, 0.3) is 6.08 Å². The number of aromatic nitrogens is 2. The zero-order chi connectivity index (χ0) is 20.7. The molecule has 8 nitrogen and oxygen atoms in total. The molecular formula is C18H22N4O4S3. The van der Waals surface area contributed by atoms with Gasteiger partial charge in [0.15, 0.2) is 0 Å². The number of carbonyl (C=O) groups is 1. The second kappa shape index (κ2) is 10.3. The summed E-state index contributed by atoms with van der Waals surface area (Å²) >= 11 is 2.78. The summed E-state index contributed by atoms with van der Waals surface area (Å²) in [6.07, 6.45) is 3.52. The van der Waals surface area contributed by atoms with Gasteiger partial charge in [-0.25, -0.2) is 8.42 Å². The molecule has 2 heterocycles. The summed E-state index contributed by atoms with van der Waals surface area (Å²) in [5.74, 6) is 1.28. The molecule has 0 spiro atoms. The van der Waals surface area contributed by atoms with E-state index in [9.17, 15) is 13.2 Å². The van der Waals surface area contributed by atoms with Gasteiger partial charge in [-0.2, -0.15) is 16.1 Å². The minimum absolute atomic E-state index is 0.0727. The fourth-order valence-electron chi connectivity index (χ4n) is 2.70. The third-order valence-electron chi connectivity index (χ3n) is 4.22. The highest BCUT2D eigenvalue weighted by molar-refractivity contribution is 7.99. The molecule has 0 radical (unpaired) electrons. The number of piperazine rings is 1. The van der Waals surface area contributed by atoms with E-state index in [1.807, 2.05) is 36.6 Å². The van der Waals surface area contributed by atoms with Gasteiger partial charge in [-0.15, -0.1) is 10.2 Å². The molecule has 0 N–H and O–H groups in total. The number of hydrogen-bond acceptors (Lipinski definition) is 8. The molecule has 1 amide bonds. The highest BCUT2D eigenvalue weighted by Gasteiger charge is 2.27. The Hall–Kier alpha value is -1.82. The van der Waals surface area contributed by atoms with Crippen molar-refractivity contribution in [3.05, 3.63) is 47.2 Å². The number of hydrogen-bond donors (Lipinski definition) is 0. The largest absolute Gasteiger partial charge is 0.415 e. The monoisotopic (exact) mass is 454 g/mol. The second-order valence-corrected chi connectivity index (χ2v) is 9.83. The number of nitrogens with zero attached hydrogens (tertiary/aromatic N) is 4. The zero-order valence-corrected chi connectivity index (χ0v) is 18.4. The van der Waals surface area contributed by atoms with E-state index in [1.54, 1.807) is 22.7 Å². The van der Waals surface area contributed by atoms with Crippen molar-refractivity contribution in [2.75, 3.05) is 38.2 Å². The smallest absolute Gasteiger partial charge is 0.277 e. The predicted molar refractivity (Wildman–Crippen MR) is 115 cm³/mol. The maximum absolute atomic E-state index is 12.5. The molecule has 1 aliphatic heterocycles. The molecule has 2 aromatic rings. The maximum Gasteiger partial charge on any atom is 0.277 e. The first kappa shape index (κ1) is 21.9. The molecule has 0 unspecified atom stereocenters. The Morgan fingerprint density at radius 3 is 2.59 bits per heavy atom. The van der Waals surface area contributed by atoms with Crippen LogP contribution < -0.4 is 0 Å². The third-order valence-corrected chi connectivity index (χ3v) is 7.12. The summed E-state index contributed by atoms with van der Waals surface area (Å²) in [7, 11) is -3.51. The fourth-order valence-corrected chi connectivity index (χ4v) is 4.92. The van der Waals surface area contributed by atoms with Crippen molar-refractivity contribution in [1.82, 2.24) is 19.4 Å². The number of rotatable bonds is 8. The number of carbonyl (C=O) groups excluding carboxylic acids is 1. The lowest BCUT2D eigenvalue weighted by Crippen LogP contribution is -2.50. The van der Waals surface area contributed by atoms with Crippen molar-refractivity contribution in [3.8, 4) is 0 Å². The summed E-state index contributed by atoms with van der Waals surface area (Å²) in [4.78, 5) is 14.1. The topological polar surface area (TPSA) is 96.6 Å². The van der Waals surface area contributed by atoms with Crippen molar-refractivity contribution >= 4 is 45.5 Å². The minimum atomic E-state index is -3.51. The molecule has 0 bridgehead atoms. The van der Waals surface area contributed by atoms with Crippen molar-refractivity contribution in [2.45, 2.75) is 11.0 Å².